The summed E-state index contributed by atoms with van der Waals surface area (Å²) in [6.45, 7) is 15.2. The molecule has 0 saturated carbocycles. The SMILES string of the molecule is CC(=O)N[C@]1(C)C(C)(C)OC(C)(CO)[C@@](C)(OSOO[O-])[C@@]1(C)COCC1(C)OC(C)(C(=O)[O-])[C@@](C)(O)[C@@](C)(O)[C@]1(C)O.[Na+].[Na+]. The smallest absolute Gasteiger partial charge is 0.691 e. The standard InChI is InChI=1S/C27H49NO14S.2Na/c1-16(30)28-23(8)18(2,3)38-20(5,13-29)27(12,40-43-42-41-36)19(23,4)14-37-15-21(6)24(9,33)26(11,35)25(10,34)22(7,39-21)17(31)32;;/h29,33-36H,13-15H2,1-12H3,(H,28,30)(H,31,32);;/q;2*+1/p-2/t19-,20?,21?,22?,23+,24+,25+,26-,27-;;/m0../s1. The van der Waals surface area contributed by atoms with E-state index in [0.717, 1.165) is 20.8 Å². The minimum absolute atomic E-state index is 0. The fourth-order valence-electron chi connectivity index (χ4n) is 6.83. The third-order valence-corrected chi connectivity index (χ3v) is 11.8. The summed E-state index contributed by atoms with van der Waals surface area (Å²) in [6, 6.07) is 0. The Labute approximate surface area is 313 Å². The minimum atomic E-state index is -2.53. The maximum absolute atomic E-state index is 12.6. The second-order valence-corrected chi connectivity index (χ2v) is 14.3. The number of carboxylic acid groups (broad SMARTS) is 1. The summed E-state index contributed by atoms with van der Waals surface area (Å²) in [4.78, 5) is 24.8. The Morgan fingerprint density at radius 3 is 1.76 bits per heavy atom. The number of aliphatic carboxylic acids is 1. The van der Waals surface area contributed by atoms with Crippen LogP contribution in [0.25, 0.3) is 0 Å². The second-order valence-electron chi connectivity index (χ2n) is 13.8. The van der Waals surface area contributed by atoms with Crippen molar-refractivity contribution in [3.63, 3.8) is 0 Å². The van der Waals surface area contributed by atoms with Crippen LogP contribution in [0.5, 0.6) is 0 Å². The van der Waals surface area contributed by atoms with Crippen LogP contribution in [0.1, 0.15) is 83.1 Å². The van der Waals surface area contributed by atoms with Gasteiger partial charge in [0.05, 0.1) is 36.9 Å². The van der Waals surface area contributed by atoms with Gasteiger partial charge >= 0.3 is 59.1 Å². The first-order valence-electron chi connectivity index (χ1n) is 13.7. The molecule has 0 spiro atoms. The molecule has 0 aromatic carbocycles. The first-order chi connectivity index (χ1) is 19.1. The summed E-state index contributed by atoms with van der Waals surface area (Å²) in [6.07, 6.45) is 0. The van der Waals surface area contributed by atoms with Crippen LogP contribution in [0.15, 0.2) is 0 Å². The van der Waals surface area contributed by atoms with Crippen LogP contribution in [0, 0.1) is 5.41 Å². The molecule has 3 unspecified atom stereocenters. The van der Waals surface area contributed by atoms with Crippen LogP contribution in [-0.2, 0) is 37.4 Å². The van der Waals surface area contributed by atoms with Crippen molar-refractivity contribution < 1.29 is 127 Å². The topological polar surface area (TPSA) is 229 Å². The molecule has 5 N–H and O–H groups in total. The number of hydrogen-bond acceptors (Lipinski definition) is 15. The third-order valence-electron chi connectivity index (χ3n) is 11.3. The van der Waals surface area contributed by atoms with E-state index in [2.05, 4.69) is 14.7 Å². The summed E-state index contributed by atoms with van der Waals surface area (Å²) < 4.78 is 28.8. The average molecular weight is 688 g/mol. The number of hydrogen-bond donors (Lipinski definition) is 5. The molecule has 9 atom stereocenters. The van der Waals surface area contributed by atoms with Gasteiger partial charge in [-0.15, -0.1) is 4.33 Å². The molecule has 2 saturated heterocycles. The van der Waals surface area contributed by atoms with Gasteiger partial charge in [0.1, 0.15) is 39.2 Å². The molecule has 2 heterocycles. The summed E-state index contributed by atoms with van der Waals surface area (Å²) in [5.41, 5.74) is -19.0. The Bertz CT molecular complexity index is 1100. The van der Waals surface area contributed by atoms with E-state index in [-0.39, 0.29) is 78.0 Å². The van der Waals surface area contributed by atoms with Crippen LogP contribution in [-0.4, -0.2) is 102 Å². The van der Waals surface area contributed by atoms with Gasteiger partial charge in [-0.3, -0.25) is 14.0 Å². The molecule has 252 valence electrons. The molecular weight excluding hydrogens is 640 g/mol. The van der Waals surface area contributed by atoms with Gasteiger partial charge in [0.15, 0.2) is 12.3 Å². The van der Waals surface area contributed by atoms with E-state index in [1.54, 1.807) is 41.5 Å². The number of aliphatic hydroxyl groups is 4. The molecular formula is C27H47NNa2O14S. The fraction of sp³-hybridized carbons (Fsp3) is 0.926. The molecule has 2 fully saturated rings. The number of carbonyl (C=O) groups excluding carboxylic acids is 2. The maximum Gasteiger partial charge on any atom is 1.00 e. The Kier molecular flexibility index (Phi) is 14.5. The van der Waals surface area contributed by atoms with E-state index in [0.29, 0.717) is 0 Å². The van der Waals surface area contributed by atoms with Crippen molar-refractivity contribution in [2.24, 2.45) is 5.41 Å². The molecule has 1 amide bonds. The minimum Gasteiger partial charge on any atom is -0.691 e. The molecule has 0 aromatic heterocycles. The number of rotatable bonds is 11. The Balaban J connectivity index is 0.00000968. The molecule has 0 radical (unpaired) electrons. The number of aliphatic hydroxyl groups excluding tert-OH is 1. The number of carboxylic acids is 1. The van der Waals surface area contributed by atoms with Gasteiger partial charge < -0.3 is 55.1 Å². The van der Waals surface area contributed by atoms with Crippen LogP contribution in [0.3, 0.4) is 0 Å². The predicted octanol–water partition coefficient (Wildman–Crippen LogP) is -7.42. The van der Waals surface area contributed by atoms with E-state index in [1.165, 1.54) is 20.8 Å². The van der Waals surface area contributed by atoms with Crippen molar-refractivity contribution in [3.05, 3.63) is 0 Å². The van der Waals surface area contributed by atoms with Gasteiger partial charge in [0.2, 0.25) is 5.91 Å². The monoisotopic (exact) mass is 687 g/mol. The van der Waals surface area contributed by atoms with Crippen molar-refractivity contribution in [2.45, 2.75) is 133 Å². The van der Waals surface area contributed by atoms with Crippen LogP contribution >= 0.6 is 12.3 Å². The summed E-state index contributed by atoms with van der Waals surface area (Å²) in [7, 11) is 0. The molecule has 2 aliphatic rings. The molecule has 18 heteroatoms. The van der Waals surface area contributed by atoms with E-state index < -0.39 is 80.9 Å². The van der Waals surface area contributed by atoms with E-state index >= 15 is 0 Å². The zero-order valence-electron chi connectivity index (χ0n) is 28.9. The van der Waals surface area contributed by atoms with Crippen molar-refractivity contribution >= 4 is 24.2 Å². The Hall–Kier alpha value is 0.850. The van der Waals surface area contributed by atoms with Crippen LogP contribution < -0.4 is 74.8 Å². The molecule has 15 nitrogen and oxygen atoms in total. The van der Waals surface area contributed by atoms with E-state index in [4.69, 9.17) is 18.4 Å². The first-order valence-corrected chi connectivity index (χ1v) is 14.3. The summed E-state index contributed by atoms with van der Waals surface area (Å²) in [5, 5.41) is 73.9. The van der Waals surface area contributed by atoms with Gasteiger partial charge in [0.25, 0.3) is 0 Å². The van der Waals surface area contributed by atoms with Crippen molar-refractivity contribution in [1.29, 1.82) is 0 Å². The zero-order valence-corrected chi connectivity index (χ0v) is 33.7. The van der Waals surface area contributed by atoms with Gasteiger partial charge in [-0.05, 0) is 69.2 Å². The molecule has 0 aromatic rings. The van der Waals surface area contributed by atoms with Crippen molar-refractivity contribution in [1.82, 2.24) is 5.32 Å². The van der Waals surface area contributed by atoms with Gasteiger partial charge in [-0.25, -0.2) is 0 Å². The number of amides is 1. The van der Waals surface area contributed by atoms with Crippen LogP contribution in [0.4, 0.5) is 0 Å². The molecule has 45 heavy (non-hydrogen) atoms. The number of carbonyl (C=O) groups is 2. The summed E-state index contributed by atoms with van der Waals surface area (Å²) in [5.74, 6) is -2.28. The van der Waals surface area contributed by atoms with E-state index in [1.807, 2.05) is 0 Å². The van der Waals surface area contributed by atoms with Crippen molar-refractivity contribution in [2.75, 3.05) is 19.8 Å². The van der Waals surface area contributed by atoms with Crippen LogP contribution in [0.2, 0.25) is 0 Å². The van der Waals surface area contributed by atoms with Gasteiger partial charge in [-0.2, -0.15) is 0 Å². The third kappa shape index (κ3) is 6.47. The largest absolute Gasteiger partial charge is 1.00 e. The molecule has 0 bridgehead atoms. The first kappa shape index (κ1) is 45.9. The summed E-state index contributed by atoms with van der Waals surface area (Å²) >= 11 is 0.169. The molecule has 2 rings (SSSR count). The zero-order chi connectivity index (χ0) is 33.9. The number of ether oxygens (including phenoxy) is 3. The van der Waals surface area contributed by atoms with E-state index in [9.17, 15) is 40.4 Å². The Morgan fingerprint density at radius 1 is 0.822 bits per heavy atom. The fourth-order valence-corrected chi connectivity index (χ4v) is 7.38. The number of nitrogens with one attached hydrogen (secondary N) is 1. The quantitative estimate of drug-likeness (QED) is 0.0447. The molecule has 2 aliphatic heterocycles. The normalized spacial score (nSPS) is 46.0. The van der Waals surface area contributed by atoms with Crippen molar-refractivity contribution in [3.8, 4) is 0 Å². The maximum atomic E-state index is 12.6. The predicted molar refractivity (Wildman–Crippen MR) is 146 cm³/mol. The molecule has 0 aliphatic carbocycles. The average Bonchev–Trinajstić information content (AvgIpc) is 2.85. The second kappa shape index (κ2) is 14.2. The van der Waals surface area contributed by atoms with Gasteiger partial charge in [0, 0.05) is 12.3 Å². The van der Waals surface area contributed by atoms with Gasteiger partial charge in [-0.1, -0.05) is 6.92 Å². The Morgan fingerprint density at radius 2 is 1.33 bits per heavy atom.